The number of piperidine rings is 1. The molecule has 0 aliphatic carbocycles. The number of rotatable bonds is 7. The number of aryl methyl sites for hydroxylation is 1. The van der Waals surface area contributed by atoms with Crippen LogP contribution in [0, 0.1) is 5.92 Å². The summed E-state index contributed by atoms with van der Waals surface area (Å²) < 4.78 is 7.14. The number of nitrogens with one attached hydrogen (secondary N) is 2. The molecule has 2 aliphatic heterocycles. The predicted molar refractivity (Wildman–Crippen MR) is 115 cm³/mol. The molecule has 2 bridgehead atoms. The molecule has 5 rings (SSSR count). The maximum absolute atomic E-state index is 13.1. The van der Waals surface area contributed by atoms with Gasteiger partial charge in [-0.25, -0.2) is 4.98 Å². The second-order valence-electron chi connectivity index (χ2n) is 8.56. The second kappa shape index (κ2) is 8.55. The highest BCUT2D eigenvalue weighted by Crippen LogP contribution is 2.35. The van der Waals surface area contributed by atoms with E-state index in [9.17, 15) is 9.59 Å². The van der Waals surface area contributed by atoms with Gasteiger partial charge >= 0.3 is 0 Å². The molecule has 5 heterocycles. The third kappa shape index (κ3) is 4.20. The topological polar surface area (TPSA) is 96.2 Å². The quantitative estimate of drug-likeness (QED) is 0.570. The first kappa shape index (κ1) is 19.8. The van der Waals surface area contributed by atoms with Gasteiger partial charge in [0.25, 0.3) is 11.5 Å². The molecule has 0 aromatic carbocycles. The molecule has 1 amide bonds. The van der Waals surface area contributed by atoms with E-state index in [-0.39, 0.29) is 17.0 Å². The molecule has 1 saturated heterocycles. The SMILES string of the molecule is O=C(NCCCc1ccco1)c1ccc2n(c1=O)C[C@H]1C[C@@H]2CN(Cc2ncc[nH]2)C1. The van der Waals surface area contributed by atoms with Crippen LogP contribution >= 0.6 is 0 Å². The summed E-state index contributed by atoms with van der Waals surface area (Å²) in [5.41, 5.74) is 1.10. The number of likely N-dealkylation sites (tertiary alicyclic amines) is 1. The van der Waals surface area contributed by atoms with Crippen molar-refractivity contribution in [2.75, 3.05) is 19.6 Å². The van der Waals surface area contributed by atoms with E-state index in [0.717, 1.165) is 56.2 Å². The number of H-pyrrole nitrogens is 1. The standard InChI is InChI=1S/C23H27N5O3/c29-22(26-7-1-3-18-4-2-10-31-18)19-5-6-20-17-11-16(13-28(20)23(19)30)12-27(14-17)15-21-24-8-9-25-21/h2,4-6,8-10,16-17H,1,3,7,11-15H2,(H,24,25)(H,26,29)/t16-,17+/m0/s1. The molecule has 2 aliphatic rings. The van der Waals surface area contributed by atoms with Crippen LogP contribution in [0.3, 0.4) is 0 Å². The monoisotopic (exact) mass is 421 g/mol. The molecule has 2 atom stereocenters. The Balaban J connectivity index is 1.24. The van der Waals surface area contributed by atoms with Gasteiger partial charge in [0.1, 0.15) is 17.1 Å². The number of aromatic amines is 1. The van der Waals surface area contributed by atoms with Crippen molar-refractivity contribution in [1.29, 1.82) is 0 Å². The summed E-state index contributed by atoms with van der Waals surface area (Å²) >= 11 is 0. The largest absolute Gasteiger partial charge is 0.469 e. The highest BCUT2D eigenvalue weighted by Gasteiger charge is 2.35. The molecular formula is C23H27N5O3. The van der Waals surface area contributed by atoms with E-state index < -0.39 is 0 Å². The molecule has 31 heavy (non-hydrogen) atoms. The van der Waals surface area contributed by atoms with E-state index in [4.69, 9.17) is 4.42 Å². The van der Waals surface area contributed by atoms with Crippen LogP contribution in [0.15, 0.2) is 52.1 Å². The average Bonchev–Trinajstić information content (AvgIpc) is 3.46. The molecule has 2 N–H and O–H groups in total. The number of carbonyl (C=O) groups excluding carboxylic acids is 1. The summed E-state index contributed by atoms with van der Waals surface area (Å²) in [6.07, 6.45) is 7.88. The van der Waals surface area contributed by atoms with Crippen LogP contribution in [-0.2, 0) is 19.5 Å². The molecule has 8 nitrogen and oxygen atoms in total. The molecule has 0 saturated carbocycles. The Morgan fingerprint density at radius 2 is 2.19 bits per heavy atom. The zero-order valence-electron chi connectivity index (χ0n) is 17.4. The number of imidazole rings is 1. The van der Waals surface area contributed by atoms with Crippen LogP contribution in [0.25, 0.3) is 0 Å². The first-order chi connectivity index (χ1) is 15.2. The highest BCUT2D eigenvalue weighted by molar-refractivity contribution is 5.93. The first-order valence-corrected chi connectivity index (χ1v) is 10.9. The highest BCUT2D eigenvalue weighted by atomic mass is 16.3. The van der Waals surface area contributed by atoms with Gasteiger partial charge < -0.3 is 19.3 Å². The Morgan fingerprint density at radius 1 is 1.26 bits per heavy atom. The number of carbonyl (C=O) groups is 1. The Bertz CT molecular complexity index is 1090. The van der Waals surface area contributed by atoms with E-state index in [1.165, 1.54) is 0 Å². The van der Waals surface area contributed by atoms with E-state index in [1.807, 2.05) is 29.0 Å². The number of nitrogens with zero attached hydrogens (tertiary/aromatic N) is 3. The summed E-state index contributed by atoms with van der Waals surface area (Å²) in [6.45, 7) is 3.80. The lowest BCUT2D eigenvalue weighted by Crippen LogP contribution is -2.47. The lowest BCUT2D eigenvalue weighted by atomic mass is 9.83. The first-order valence-electron chi connectivity index (χ1n) is 10.9. The van der Waals surface area contributed by atoms with Crippen molar-refractivity contribution in [2.24, 2.45) is 5.92 Å². The Hall–Kier alpha value is -3.13. The summed E-state index contributed by atoms with van der Waals surface area (Å²) in [7, 11) is 0. The van der Waals surface area contributed by atoms with Gasteiger partial charge in [0, 0.05) is 56.6 Å². The van der Waals surface area contributed by atoms with Gasteiger partial charge in [-0.1, -0.05) is 0 Å². The summed E-state index contributed by atoms with van der Waals surface area (Å²) in [5, 5.41) is 2.88. The number of furan rings is 1. The van der Waals surface area contributed by atoms with Gasteiger partial charge in [-0.05, 0) is 43.0 Å². The average molecular weight is 422 g/mol. The van der Waals surface area contributed by atoms with Gasteiger partial charge in [-0.15, -0.1) is 0 Å². The lowest BCUT2D eigenvalue weighted by Gasteiger charge is -2.42. The van der Waals surface area contributed by atoms with Crippen molar-refractivity contribution in [1.82, 2.24) is 24.8 Å². The summed E-state index contributed by atoms with van der Waals surface area (Å²) in [6, 6.07) is 7.44. The Kier molecular flexibility index (Phi) is 5.46. The number of pyridine rings is 1. The van der Waals surface area contributed by atoms with Crippen LogP contribution in [0.5, 0.6) is 0 Å². The third-order valence-electron chi connectivity index (χ3n) is 6.32. The van der Waals surface area contributed by atoms with E-state index in [1.54, 1.807) is 18.5 Å². The summed E-state index contributed by atoms with van der Waals surface area (Å²) in [5.74, 6) is 2.29. The second-order valence-corrected chi connectivity index (χ2v) is 8.56. The van der Waals surface area contributed by atoms with Crippen LogP contribution in [-0.4, -0.2) is 45.0 Å². The minimum Gasteiger partial charge on any atom is -0.469 e. The molecule has 3 aromatic rings. The Labute approximate surface area is 180 Å². The number of amides is 1. The third-order valence-corrected chi connectivity index (χ3v) is 6.32. The van der Waals surface area contributed by atoms with E-state index >= 15 is 0 Å². The van der Waals surface area contributed by atoms with E-state index in [2.05, 4.69) is 20.2 Å². The molecule has 0 unspecified atom stereocenters. The van der Waals surface area contributed by atoms with Gasteiger partial charge in [0.15, 0.2) is 0 Å². The molecule has 1 fully saturated rings. The molecule has 8 heteroatoms. The van der Waals surface area contributed by atoms with Gasteiger partial charge in [0.2, 0.25) is 0 Å². The number of hydrogen-bond donors (Lipinski definition) is 2. The maximum Gasteiger partial charge on any atom is 0.263 e. The van der Waals surface area contributed by atoms with Crippen LogP contribution in [0.1, 0.15) is 46.4 Å². The van der Waals surface area contributed by atoms with Crippen LogP contribution in [0.4, 0.5) is 0 Å². The fraction of sp³-hybridized carbons (Fsp3) is 0.435. The van der Waals surface area contributed by atoms with Crippen molar-refractivity contribution in [3.63, 3.8) is 0 Å². The molecule has 0 spiro atoms. The zero-order valence-corrected chi connectivity index (χ0v) is 17.4. The Morgan fingerprint density at radius 3 is 3.00 bits per heavy atom. The fourth-order valence-corrected chi connectivity index (χ4v) is 4.96. The van der Waals surface area contributed by atoms with Crippen molar-refractivity contribution in [3.8, 4) is 0 Å². The van der Waals surface area contributed by atoms with Crippen molar-refractivity contribution >= 4 is 5.91 Å². The molecule has 3 aromatic heterocycles. The number of aromatic nitrogens is 3. The lowest BCUT2D eigenvalue weighted by molar-refractivity contribution is 0.0945. The number of fused-ring (bicyclic) bond motifs is 4. The maximum atomic E-state index is 13.1. The number of hydrogen-bond acceptors (Lipinski definition) is 5. The minimum atomic E-state index is -0.296. The fourth-order valence-electron chi connectivity index (χ4n) is 4.96. The predicted octanol–water partition coefficient (Wildman–Crippen LogP) is 2.15. The molecular weight excluding hydrogens is 394 g/mol. The molecule has 0 radical (unpaired) electrons. The van der Waals surface area contributed by atoms with Crippen molar-refractivity contribution in [3.05, 3.63) is 76.1 Å². The summed E-state index contributed by atoms with van der Waals surface area (Å²) in [4.78, 5) is 35.6. The normalized spacial score (nSPS) is 20.4. The van der Waals surface area contributed by atoms with Crippen molar-refractivity contribution < 1.29 is 9.21 Å². The van der Waals surface area contributed by atoms with E-state index in [0.29, 0.717) is 24.9 Å². The van der Waals surface area contributed by atoms with Gasteiger partial charge in [-0.3, -0.25) is 14.5 Å². The van der Waals surface area contributed by atoms with Crippen LogP contribution < -0.4 is 10.9 Å². The smallest absolute Gasteiger partial charge is 0.263 e. The minimum absolute atomic E-state index is 0.171. The molecule has 162 valence electrons. The van der Waals surface area contributed by atoms with Gasteiger partial charge in [-0.2, -0.15) is 0 Å². The zero-order chi connectivity index (χ0) is 21.2. The van der Waals surface area contributed by atoms with Crippen molar-refractivity contribution in [2.45, 2.75) is 38.3 Å². The van der Waals surface area contributed by atoms with Gasteiger partial charge in [0.05, 0.1) is 12.8 Å². The van der Waals surface area contributed by atoms with Crippen LogP contribution in [0.2, 0.25) is 0 Å².